The number of pyridine rings is 1. The molecule has 16 heavy (non-hydrogen) atoms. The summed E-state index contributed by atoms with van der Waals surface area (Å²) < 4.78 is 0. The quantitative estimate of drug-likeness (QED) is 0.856. The van der Waals surface area contributed by atoms with E-state index in [1.54, 1.807) is 18.5 Å². The summed E-state index contributed by atoms with van der Waals surface area (Å²) >= 11 is 1.26. The summed E-state index contributed by atoms with van der Waals surface area (Å²) in [7, 11) is 1.81. The Hall–Kier alpha value is -1.88. The van der Waals surface area contributed by atoms with Gasteiger partial charge in [0.2, 0.25) is 0 Å². The van der Waals surface area contributed by atoms with Gasteiger partial charge >= 0.3 is 5.97 Å². The van der Waals surface area contributed by atoms with Crippen LogP contribution < -0.4 is 5.32 Å². The number of rotatable bonds is 3. The zero-order valence-corrected chi connectivity index (χ0v) is 9.41. The molecule has 0 bridgehead atoms. The monoisotopic (exact) mass is 234 g/mol. The number of carboxylic acids is 1. The van der Waals surface area contributed by atoms with Gasteiger partial charge in [0.15, 0.2) is 0 Å². The van der Waals surface area contributed by atoms with Crippen LogP contribution in [-0.4, -0.2) is 23.1 Å². The number of aromatic nitrogens is 1. The number of carboxylic acid groups (broad SMARTS) is 1. The smallest absolute Gasteiger partial charge is 0.345 e. The minimum Gasteiger partial charge on any atom is -0.477 e. The number of hydrogen-bond acceptors (Lipinski definition) is 4. The highest BCUT2D eigenvalue weighted by Gasteiger charge is 2.10. The number of aromatic carboxylic acids is 1. The molecule has 4 nitrogen and oxygen atoms in total. The first-order chi connectivity index (χ1) is 7.72. The molecular formula is C11H10N2O2S. The summed E-state index contributed by atoms with van der Waals surface area (Å²) in [5.74, 6) is -0.892. The highest BCUT2D eigenvalue weighted by molar-refractivity contribution is 7.17. The Morgan fingerprint density at radius 1 is 1.44 bits per heavy atom. The minimum atomic E-state index is -0.892. The molecule has 0 fully saturated rings. The third-order valence-electron chi connectivity index (χ3n) is 2.17. The third-order valence-corrected chi connectivity index (χ3v) is 3.28. The van der Waals surface area contributed by atoms with Gasteiger partial charge in [0.25, 0.3) is 0 Å². The van der Waals surface area contributed by atoms with E-state index < -0.39 is 5.97 Å². The van der Waals surface area contributed by atoms with Gasteiger partial charge in [0.1, 0.15) is 4.88 Å². The van der Waals surface area contributed by atoms with Gasteiger partial charge in [0, 0.05) is 23.7 Å². The van der Waals surface area contributed by atoms with Gasteiger partial charge in [-0.05, 0) is 18.2 Å². The van der Waals surface area contributed by atoms with E-state index in [4.69, 9.17) is 5.11 Å². The predicted octanol–water partition coefficient (Wildman–Crippen LogP) is 2.55. The summed E-state index contributed by atoms with van der Waals surface area (Å²) in [6, 6.07) is 5.29. The second-order valence-corrected chi connectivity index (χ2v) is 4.22. The fourth-order valence-electron chi connectivity index (χ4n) is 1.41. The van der Waals surface area contributed by atoms with Crippen molar-refractivity contribution in [3.8, 4) is 10.4 Å². The molecule has 0 unspecified atom stereocenters. The third kappa shape index (κ3) is 1.90. The summed E-state index contributed by atoms with van der Waals surface area (Å²) in [6.07, 6.45) is 3.41. The fourth-order valence-corrected chi connectivity index (χ4v) is 2.29. The second kappa shape index (κ2) is 4.32. The van der Waals surface area contributed by atoms with E-state index in [2.05, 4.69) is 10.3 Å². The van der Waals surface area contributed by atoms with E-state index in [1.165, 1.54) is 11.3 Å². The average Bonchev–Trinajstić information content (AvgIpc) is 2.78. The topological polar surface area (TPSA) is 62.2 Å². The summed E-state index contributed by atoms with van der Waals surface area (Å²) in [4.78, 5) is 16.1. The molecule has 2 rings (SSSR count). The first-order valence-electron chi connectivity index (χ1n) is 4.67. The maximum Gasteiger partial charge on any atom is 0.345 e. The number of thiophene rings is 1. The van der Waals surface area contributed by atoms with Crippen molar-refractivity contribution in [3.05, 3.63) is 35.5 Å². The minimum absolute atomic E-state index is 0.342. The van der Waals surface area contributed by atoms with E-state index in [0.717, 1.165) is 16.1 Å². The van der Waals surface area contributed by atoms with Gasteiger partial charge in [-0.1, -0.05) is 0 Å². The van der Waals surface area contributed by atoms with Crippen molar-refractivity contribution in [2.24, 2.45) is 0 Å². The van der Waals surface area contributed by atoms with Crippen molar-refractivity contribution in [3.63, 3.8) is 0 Å². The SMILES string of the molecule is CNc1cnccc1-c1ccc(C(=O)O)s1. The van der Waals surface area contributed by atoms with Crippen molar-refractivity contribution in [1.29, 1.82) is 0 Å². The van der Waals surface area contributed by atoms with Gasteiger partial charge in [-0.25, -0.2) is 4.79 Å². The van der Waals surface area contributed by atoms with Crippen molar-refractivity contribution < 1.29 is 9.90 Å². The lowest BCUT2D eigenvalue weighted by Gasteiger charge is -2.05. The molecule has 0 spiro atoms. The van der Waals surface area contributed by atoms with E-state index in [-0.39, 0.29) is 0 Å². The molecule has 0 amide bonds. The normalized spacial score (nSPS) is 10.1. The Bertz CT molecular complexity index is 522. The Labute approximate surface area is 96.6 Å². The molecule has 2 aromatic rings. The van der Waals surface area contributed by atoms with E-state index in [1.807, 2.05) is 19.2 Å². The zero-order chi connectivity index (χ0) is 11.5. The predicted molar refractivity (Wildman–Crippen MR) is 64.1 cm³/mol. The molecule has 0 aliphatic carbocycles. The zero-order valence-electron chi connectivity index (χ0n) is 8.60. The summed E-state index contributed by atoms with van der Waals surface area (Å²) in [5, 5.41) is 11.9. The second-order valence-electron chi connectivity index (χ2n) is 3.14. The van der Waals surface area contributed by atoms with Crippen LogP contribution in [0, 0.1) is 0 Å². The van der Waals surface area contributed by atoms with Crippen LogP contribution >= 0.6 is 11.3 Å². The number of nitrogens with zero attached hydrogens (tertiary/aromatic N) is 1. The fraction of sp³-hybridized carbons (Fsp3) is 0.0909. The standard InChI is InChI=1S/C11H10N2O2S/c1-12-8-6-13-5-4-7(8)9-2-3-10(16-9)11(14)15/h2-6,12H,1H3,(H,14,15). The Morgan fingerprint density at radius 2 is 2.25 bits per heavy atom. The lowest BCUT2D eigenvalue weighted by molar-refractivity contribution is 0.0702. The van der Waals surface area contributed by atoms with Gasteiger partial charge in [-0.15, -0.1) is 11.3 Å². The summed E-state index contributed by atoms with van der Waals surface area (Å²) in [5.41, 5.74) is 1.86. The van der Waals surface area contributed by atoms with Crippen LogP contribution in [0.4, 0.5) is 5.69 Å². The van der Waals surface area contributed by atoms with Crippen LogP contribution in [0.15, 0.2) is 30.6 Å². The van der Waals surface area contributed by atoms with E-state index in [9.17, 15) is 4.79 Å². The molecule has 2 aromatic heterocycles. The highest BCUT2D eigenvalue weighted by atomic mass is 32.1. The first-order valence-corrected chi connectivity index (χ1v) is 5.49. The van der Waals surface area contributed by atoms with Crippen LogP contribution in [-0.2, 0) is 0 Å². The molecule has 0 atom stereocenters. The Morgan fingerprint density at radius 3 is 2.88 bits per heavy atom. The van der Waals surface area contributed by atoms with Crippen molar-refractivity contribution in [2.45, 2.75) is 0 Å². The van der Waals surface area contributed by atoms with Gasteiger partial charge < -0.3 is 10.4 Å². The molecule has 0 aliphatic heterocycles. The molecular weight excluding hydrogens is 224 g/mol. The van der Waals surface area contributed by atoms with Crippen molar-refractivity contribution >= 4 is 23.0 Å². The Balaban J connectivity index is 2.46. The van der Waals surface area contributed by atoms with Crippen molar-refractivity contribution in [2.75, 3.05) is 12.4 Å². The van der Waals surface area contributed by atoms with Gasteiger partial charge in [-0.3, -0.25) is 4.98 Å². The molecule has 2 N–H and O–H groups in total. The molecule has 0 saturated carbocycles. The van der Waals surface area contributed by atoms with Crippen LogP contribution in [0.5, 0.6) is 0 Å². The van der Waals surface area contributed by atoms with Crippen molar-refractivity contribution in [1.82, 2.24) is 4.98 Å². The highest BCUT2D eigenvalue weighted by Crippen LogP contribution is 2.32. The molecule has 0 radical (unpaired) electrons. The molecule has 5 heteroatoms. The lowest BCUT2D eigenvalue weighted by atomic mass is 10.2. The molecule has 2 heterocycles. The molecule has 0 saturated heterocycles. The molecule has 82 valence electrons. The average molecular weight is 234 g/mol. The Kier molecular flexibility index (Phi) is 2.87. The lowest BCUT2D eigenvalue weighted by Crippen LogP contribution is -1.91. The number of hydrogen-bond donors (Lipinski definition) is 2. The molecule has 0 aromatic carbocycles. The largest absolute Gasteiger partial charge is 0.477 e. The van der Waals surface area contributed by atoms with Crippen LogP contribution in [0.25, 0.3) is 10.4 Å². The van der Waals surface area contributed by atoms with Crippen LogP contribution in [0.1, 0.15) is 9.67 Å². The van der Waals surface area contributed by atoms with Crippen LogP contribution in [0.3, 0.4) is 0 Å². The first kappa shape index (κ1) is 10.6. The van der Waals surface area contributed by atoms with E-state index in [0.29, 0.717) is 4.88 Å². The van der Waals surface area contributed by atoms with Crippen LogP contribution in [0.2, 0.25) is 0 Å². The number of carbonyl (C=O) groups is 1. The van der Waals surface area contributed by atoms with Gasteiger partial charge in [0.05, 0.1) is 11.9 Å². The maximum atomic E-state index is 10.8. The number of anilines is 1. The molecule has 0 aliphatic rings. The summed E-state index contributed by atoms with van der Waals surface area (Å²) in [6.45, 7) is 0. The number of nitrogens with one attached hydrogen (secondary N) is 1. The van der Waals surface area contributed by atoms with E-state index >= 15 is 0 Å². The maximum absolute atomic E-state index is 10.8. The van der Waals surface area contributed by atoms with Gasteiger partial charge in [-0.2, -0.15) is 0 Å².